The van der Waals surface area contributed by atoms with Gasteiger partial charge in [-0.1, -0.05) is 104 Å². The highest BCUT2D eigenvalue weighted by Gasteiger charge is 2.54. The van der Waals surface area contributed by atoms with Crippen LogP contribution >= 0.6 is 0 Å². The fourth-order valence-corrected chi connectivity index (χ4v) is 7.80. The number of aliphatic hydroxyl groups is 1. The summed E-state index contributed by atoms with van der Waals surface area (Å²) in [4.78, 5) is 1.89. The smallest absolute Gasteiger partial charge is 0.178 e. The first-order valence-corrected chi connectivity index (χ1v) is 15.9. The third-order valence-corrected chi connectivity index (χ3v) is 10.1. The van der Waals surface area contributed by atoms with E-state index in [4.69, 9.17) is 10.2 Å². The van der Waals surface area contributed by atoms with Crippen molar-refractivity contribution in [2.24, 2.45) is 10.8 Å². The third kappa shape index (κ3) is 5.55. The minimum atomic E-state index is -3.42. The van der Waals surface area contributed by atoms with Crippen molar-refractivity contribution in [1.29, 1.82) is 0 Å². The zero-order chi connectivity index (χ0) is 29.6. The molecule has 6 nitrogen and oxygen atoms in total. The van der Waals surface area contributed by atoms with E-state index in [9.17, 15) is 13.5 Å². The highest BCUT2D eigenvalue weighted by Crippen LogP contribution is 2.50. The topological polar surface area (TPSA) is 85.1 Å². The van der Waals surface area contributed by atoms with Crippen LogP contribution in [0.4, 0.5) is 0 Å². The second-order valence-electron chi connectivity index (χ2n) is 13.7. The second kappa shape index (κ2) is 10.6. The van der Waals surface area contributed by atoms with Crippen molar-refractivity contribution in [3.05, 3.63) is 77.9 Å². The van der Waals surface area contributed by atoms with Gasteiger partial charge in [-0.3, -0.25) is 0 Å². The van der Waals surface area contributed by atoms with Crippen LogP contribution in [0.5, 0.6) is 0 Å². The number of sulfone groups is 1. The number of benzene rings is 2. The molecule has 4 rings (SSSR count). The monoisotopic (exact) mass is 563 g/mol. The molecule has 0 bridgehead atoms. The van der Waals surface area contributed by atoms with Crippen LogP contribution in [-0.2, 0) is 20.8 Å². The molecule has 216 valence electrons. The third-order valence-electron chi connectivity index (χ3n) is 8.34. The van der Waals surface area contributed by atoms with E-state index in [1.807, 2.05) is 37.3 Å². The first-order valence-electron chi connectivity index (χ1n) is 14.3. The van der Waals surface area contributed by atoms with E-state index in [2.05, 4.69) is 66.7 Å². The number of allylic oxidation sites excluding steroid dienone is 2. The van der Waals surface area contributed by atoms with Gasteiger partial charge in [-0.15, -0.1) is 0 Å². The molecule has 2 unspecified atom stereocenters. The minimum Gasteiger partial charge on any atom is -0.386 e. The first-order chi connectivity index (χ1) is 18.5. The fourth-order valence-electron chi connectivity index (χ4n) is 6.33. The summed E-state index contributed by atoms with van der Waals surface area (Å²) >= 11 is 0. The van der Waals surface area contributed by atoms with Crippen molar-refractivity contribution in [2.75, 3.05) is 5.75 Å². The van der Waals surface area contributed by atoms with Crippen LogP contribution < -0.4 is 0 Å². The van der Waals surface area contributed by atoms with E-state index in [1.54, 1.807) is 23.0 Å². The predicted molar refractivity (Wildman–Crippen MR) is 163 cm³/mol. The Morgan fingerprint density at radius 2 is 1.60 bits per heavy atom. The Hall–Kier alpha value is -2.77. The largest absolute Gasteiger partial charge is 0.386 e. The molecular weight excluding hydrogens is 518 g/mol. The van der Waals surface area contributed by atoms with E-state index < -0.39 is 26.9 Å². The van der Waals surface area contributed by atoms with Gasteiger partial charge in [-0.25, -0.2) is 8.42 Å². The van der Waals surface area contributed by atoms with Crippen LogP contribution in [0.3, 0.4) is 0 Å². The zero-order valence-corrected chi connectivity index (χ0v) is 26.1. The number of aromatic nitrogens is 3. The molecule has 1 heterocycles. The van der Waals surface area contributed by atoms with Gasteiger partial charge in [0.05, 0.1) is 10.6 Å². The van der Waals surface area contributed by atoms with Crippen molar-refractivity contribution in [3.63, 3.8) is 0 Å². The van der Waals surface area contributed by atoms with Crippen molar-refractivity contribution >= 4 is 20.9 Å². The van der Waals surface area contributed by atoms with Crippen molar-refractivity contribution in [1.82, 2.24) is 15.0 Å². The molecule has 2 aromatic carbocycles. The molecule has 0 fully saturated rings. The Morgan fingerprint density at radius 1 is 0.950 bits per heavy atom. The van der Waals surface area contributed by atoms with E-state index >= 15 is 0 Å². The molecule has 1 N–H and O–H groups in total. The van der Waals surface area contributed by atoms with Gasteiger partial charge in [-0.05, 0) is 59.1 Å². The average Bonchev–Trinajstić information content (AvgIpc) is 3.30. The summed E-state index contributed by atoms with van der Waals surface area (Å²) < 4.78 is 25.9. The van der Waals surface area contributed by atoms with E-state index in [0.717, 1.165) is 24.0 Å². The molecule has 1 aliphatic rings. The zero-order valence-electron chi connectivity index (χ0n) is 25.3. The number of aliphatic hydroxyl groups excluding tert-OH is 1. The minimum absolute atomic E-state index is 0.101. The lowest BCUT2D eigenvalue weighted by atomic mass is 9.60. The van der Waals surface area contributed by atoms with Gasteiger partial charge >= 0.3 is 0 Å². The van der Waals surface area contributed by atoms with Crippen LogP contribution in [0.15, 0.2) is 77.2 Å². The predicted octanol–water partition coefficient (Wildman–Crippen LogP) is 7.00. The van der Waals surface area contributed by atoms with Crippen LogP contribution in [0, 0.1) is 10.8 Å². The Kier molecular flexibility index (Phi) is 7.98. The fraction of sp³-hybridized carbons (Fsp3) is 0.515. The lowest BCUT2D eigenvalue weighted by Crippen LogP contribution is -2.58. The molecule has 1 aliphatic carbocycles. The molecule has 0 aliphatic heterocycles. The van der Waals surface area contributed by atoms with Gasteiger partial charge in [-0.2, -0.15) is 15.0 Å². The van der Waals surface area contributed by atoms with E-state index in [0.29, 0.717) is 17.5 Å². The molecule has 2 atom stereocenters. The molecular formula is C33H45N3O3S. The number of unbranched alkanes of at least 4 members (excludes halogenated alkanes) is 1. The number of nitrogens with zero attached hydrogens (tertiary/aromatic N) is 3. The van der Waals surface area contributed by atoms with E-state index in [1.165, 1.54) is 0 Å². The summed E-state index contributed by atoms with van der Waals surface area (Å²) in [6.45, 7) is 17.4. The Bertz CT molecular complexity index is 1530. The average molecular weight is 564 g/mol. The highest BCUT2D eigenvalue weighted by molar-refractivity contribution is 7.91. The molecule has 3 aromatic rings. The van der Waals surface area contributed by atoms with Crippen LogP contribution in [0.2, 0.25) is 0 Å². The number of hydrogen-bond acceptors (Lipinski definition) is 5. The molecule has 0 spiro atoms. The van der Waals surface area contributed by atoms with Gasteiger partial charge < -0.3 is 5.11 Å². The SMILES string of the molecule is CCCCS(=O)(=O)c1ccc2nn(C3(C(C)(C)c4ccccc4)C=C(C(C)(C)CC(C)(C)C)C=CC3O)nc2c1. The number of hydrogen-bond donors (Lipinski definition) is 1. The van der Waals surface area contributed by atoms with Crippen LogP contribution in [0.1, 0.15) is 80.2 Å². The van der Waals surface area contributed by atoms with Gasteiger partial charge in [0.25, 0.3) is 0 Å². The maximum atomic E-state index is 13.0. The summed E-state index contributed by atoms with van der Waals surface area (Å²) in [7, 11) is -3.42. The van der Waals surface area contributed by atoms with Crippen molar-refractivity contribution in [2.45, 2.75) is 96.6 Å². The van der Waals surface area contributed by atoms with E-state index in [-0.39, 0.29) is 21.5 Å². The lowest BCUT2D eigenvalue weighted by molar-refractivity contribution is 0.0274. The maximum absolute atomic E-state index is 13.0. The Labute approximate surface area is 240 Å². The molecule has 40 heavy (non-hydrogen) atoms. The molecule has 0 radical (unpaired) electrons. The molecule has 1 aromatic heterocycles. The van der Waals surface area contributed by atoms with Gasteiger partial charge in [0, 0.05) is 5.41 Å². The molecule has 7 heteroatoms. The summed E-state index contributed by atoms with van der Waals surface area (Å²) in [5, 5.41) is 21.7. The maximum Gasteiger partial charge on any atom is 0.178 e. The summed E-state index contributed by atoms with van der Waals surface area (Å²) in [6.07, 6.45) is 7.50. The van der Waals surface area contributed by atoms with Crippen molar-refractivity contribution in [3.8, 4) is 0 Å². The highest BCUT2D eigenvalue weighted by atomic mass is 32.2. The number of fused-ring (bicyclic) bond motifs is 1. The quantitative estimate of drug-likeness (QED) is 0.303. The summed E-state index contributed by atoms with van der Waals surface area (Å²) in [5.41, 5.74) is 1.43. The van der Waals surface area contributed by atoms with Crippen LogP contribution in [-0.4, -0.2) is 40.4 Å². The van der Waals surface area contributed by atoms with Gasteiger partial charge in [0.1, 0.15) is 22.7 Å². The van der Waals surface area contributed by atoms with Crippen LogP contribution in [0.25, 0.3) is 11.0 Å². The molecule has 0 amide bonds. The summed E-state index contributed by atoms with van der Waals surface area (Å²) in [6, 6.07) is 15.1. The normalized spacial score (nSPS) is 20.6. The Morgan fingerprint density at radius 3 is 2.23 bits per heavy atom. The number of rotatable bonds is 9. The first kappa shape index (κ1) is 30.2. The second-order valence-corrected chi connectivity index (χ2v) is 15.8. The van der Waals surface area contributed by atoms with Gasteiger partial charge in [0.2, 0.25) is 0 Å². The lowest BCUT2D eigenvalue weighted by Gasteiger charge is -2.49. The standard InChI is InChI=1S/C33H45N3O3S/c1-9-10-20-40(38,39)26-17-18-27-28(21-26)35-36(34-27)33(32(7,8)24-14-12-11-13-15-24)22-25(16-19-29(33)37)31(5,6)23-30(2,3)4/h11-19,21-22,29,37H,9-10,20,23H2,1-8H3. The van der Waals surface area contributed by atoms with Gasteiger partial charge in [0.15, 0.2) is 9.84 Å². The molecule has 0 saturated carbocycles. The van der Waals surface area contributed by atoms with Crippen molar-refractivity contribution < 1.29 is 13.5 Å². The Balaban J connectivity index is 1.96. The molecule has 0 saturated heterocycles. The summed E-state index contributed by atoms with van der Waals surface area (Å²) in [5.74, 6) is 0.104.